The maximum absolute atomic E-state index is 11.8. The molecule has 4 heteroatoms. The van der Waals surface area contributed by atoms with Gasteiger partial charge in [-0.25, -0.2) is 0 Å². The van der Waals surface area contributed by atoms with Gasteiger partial charge >= 0.3 is 5.97 Å². The standard InChI is InChI=1S/C20H34O4/c1-6-18(24-15-22-8-3)16-11-10-14-20(5,7-2)17(16)12-13-19(21)23-9-4/h10-11,14,17-18H,6-9,12-13,15H2,1-5H3/t17?,18-,20?/m1/s1. The van der Waals surface area contributed by atoms with Crippen molar-refractivity contribution in [3.05, 3.63) is 23.8 Å². The minimum absolute atomic E-state index is 0.0274. The molecule has 1 aliphatic carbocycles. The summed E-state index contributed by atoms with van der Waals surface area (Å²) in [5.41, 5.74) is 1.31. The van der Waals surface area contributed by atoms with E-state index in [1.165, 1.54) is 5.57 Å². The van der Waals surface area contributed by atoms with Gasteiger partial charge in [0.1, 0.15) is 6.79 Å². The molecule has 0 saturated heterocycles. The maximum atomic E-state index is 11.8. The SMILES string of the molecule is CCOCO[C@H](CC)C1=CC=CC(C)(CC)C1CCC(=O)OCC. The Morgan fingerprint density at radius 3 is 2.58 bits per heavy atom. The maximum Gasteiger partial charge on any atom is 0.305 e. The minimum atomic E-state index is -0.117. The summed E-state index contributed by atoms with van der Waals surface area (Å²) in [5.74, 6) is 0.164. The summed E-state index contributed by atoms with van der Waals surface area (Å²) in [4.78, 5) is 11.8. The third kappa shape index (κ3) is 5.75. The highest BCUT2D eigenvalue weighted by molar-refractivity contribution is 5.69. The Morgan fingerprint density at radius 1 is 1.25 bits per heavy atom. The molecule has 24 heavy (non-hydrogen) atoms. The molecule has 0 amide bonds. The van der Waals surface area contributed by atoms with Gasteiger partial charge in [-0.2, -0.15) is 0 Å². The molecule has 0 radical (unpaired) electrons. The lowest BCUT2D eigenvalue weighted by Gasteiger charge is -2.41. The average Bonchev–Trinajstić information content (AvgIpc) is 2.58. The molecule has 1 aliphatic rings. The normalized spacial score (nSPS) is 24.5. The fraction of sp³-hybridized carbons (Fsp3) is 0.750. The van der Waals surface area contributed by atoms with Gasteiger partial charge in [-0.1, -0.05) is 39.0 Å². The van der Waals surface area contributed by atoms with Crippen LogP contribution in [0.1, 0.15) is 60.3 Å². The van der Waals surface area contributed by atoms with Crippen LogP contribution in [0.3, 0.4) is 0 Å². The predicted molar refractivity (Wildman–Crippen MR) is 96.6 cm³/mol. The van der Waals surface area contributed by atoms with Crippen LogP contribution in [0.4, 0.5) is 0 Å². The molecule has 1 rings (SSSR count). The molecule has 4 nitrogen and oxygen atoms in total. The summed E-state index contributed by atoms with van der Waals surface area (Å²) < 4.78 is 16.4. The molecule has 0 fully saturated rings. The predicted octanol–water partition coefficient (Wildman–Crippen LogP) is 4.65. The summed E-state index contributed by atoms with van der Waals surface area (Å²) >= 11 is 0. The molecule has 0 heterocycles. The van der Waals surface area contributed by atoms with E-state index in [2.05, 4.69) is 39.0 Å². The highest BCUT2D eigenvalue weighted by Gasteiger charge is 2.37. The summed E-state index contributed by atoms with van der Waals surface area (Å²) in [6.07, 6.45) is 9.73. The third-order valence-corrected chi connectivity index (χ3v) is 4.97. The topological polar surface area (TPSA) is 44.8 Å². The van der Waals surface area contributed by atoms with Gasteiger partial charge in [0, 0.05) is 13.0 Å². The number of carbonyl (C=O) groups excluding carboxylic acids is 1. The summed E-state index contributed by atoms with van der Waals surface area (Å²) in [6.45, 7) is 11.8. The largest absolute Gasteiger partial charge is 0.466 e. The first kappa shape index (κ1) is 20.9. The van der Waals surface area contributed by atoms with Crippen molar-refractivity contribution in [3.8, 4) is 0 Å². The van der Waals surface area contributed by atoms with Crippen molar-refractivity contribution in [2.75, 3.05) is 20.0 Å². The van der Waals surface area contributed by atoms with Crippen molar-refractivity contribution in [1.29, 1.82) is 0 Å². The van der Waals surface area contributed by atoms with Crippen molar-refractivity contribution in [1.82, 2.24) is 0 Å². The lowest BCUT2D eigenvalue weighted by atomic mass is 9.65. The van der Waals surface area contributed by atoms with E-state index in [4.69, 9.17) is 14.2 Å². The minimum Gasteiger partial charge on any atom is -0.466 e. The van der Waals surface area contributed by atoms with E-state index < -0.39 is 0 Å². The molecule has 0 spiro atoms. The first-order valence-corrected chi connectivity index (χ1v) is 9.26. The number of ether oxygens (including phenoxy) is 3. The molecule has 0 aromatic carbocycles. The van der Waals surface area contributed by atoms with Crippen LogP contribution in [0.5, 0.6) is 0 Å². The van der Waals surface area contributed by atoms with Gasteiger partial charge in [0.25, 0.3) is 0 Å². The second-order valence-corrected chi connectivity index (χ2v) is 6.46. The van der Waals surface area contributed by atoms with E-state index in [1.54, 1.807) is 0 Å². The summed E-state index contributed by atoms with van der Waals surface area (Å²) in [5, 5.41) is 0. The van der Waals surface area contributed by atoms with E-state index in [0.717, 1.165) is 19.3 Å². The second-order valence-electron chi connectivity index (χ2n) is 6.46. The molecular formula is C20H34O4. The summed E-state index contributed by atoms with van der Waals surface area (Å²) in [7, 11) is 0. The first-order valence-electron chi connectivity index (χ1n) is 9.26. The molecule has 0 saturated carbocycles. The lowest BCUT2D eigenvalue weighted by Crippen LogP contribution is -2.34. The Labute approximate surface area is 147 Å². The number of rotatable bonds is 11. The molecule has 0 N–H and O–H groups in total. The molecule has 3 atom stereocenters. The van der Waals surface area contributed by atoms with Gasteiger partial charge in [-0.15, -0.1) is 0 Å². The zero-order valence-electron chi connectivity index (χ0n) is 16.0. The van der Waals surface area contributed by atoms with Crippen molar-refractivity contribution < 1.29 is 19.0 Å². The van der Waals surface area contributed by atoms with Crippen LogP contribution in [-0.2, 0) is 19.0 Å². The van der Waals surface area contributed by atoms with E-state index in [0.29, 0.717) is 26.4 Å². The Morgan fingerprint density at radius 2 is 2.00 bits per heavy atom. The molecule has 0 aromatic rings. The number of allylic oxidation sites excluding steroid dienone is 3. The number of hydrogen-bond acceptors (Lipinski definition) is 4. The molecule has 0 aliphatic heterocycles. The zero-order valence-corrected chi connectivity index (χ0v) is 16.0. The number of hydrogen-bond donors (Lipinski definition) is 0. The van der Waals surface area contributed by atoms with E-state index in [9.17, 15) is 4.79 Å². The van der Waals surface area contributed by atoms with Gasteiger partial charge in [0.2, 0.25) is 0 Å². The third-order valence-electron chi connectivity index (χ3n) is 4.97. The monoisotopic (exact) mass is 338 g/mol. The fourth-order valence-electron chi connectivity index (χ4n) is 3.34. The van der Waals surface area contributed by atoms with Gasteiger partial charge in [-0.05, 0) is 50.0 Å². The average molecular weight is 338 g/mol. The van der Waals surface area contributed by atoms with E-state index in [-0.39, 0.29) is 23.4 Å². The molecule has 2 unspecified atom stereocenters. The van der Waals surface area contributed by atoms with Crippen LogP contribution in [-0.4, -0.2) is 32.1 Å². The number of esters is 1. The first-order chi connectivity index (χ1) is 11.5. The van der Waals surface area contributed by atoms with Gasteiger partial charge < -0.3 is 14.2 Å². The Balaban J connectivity index is 2.89. The van der Waals surface area contributed by atoms with E-state index in [1.807, 2.05) is 13.8 Å². The van der Waals surface area contributed by atoms with Crippen molar-refractivity contribution in [2.45, 2.75) is 66.4 Å². The quantitative estimate of drug-likeness (QED) is 0.312. The van der Waals surface area contributed by atoms with Crippen LogP contribution in [0.2, 0.25) is 0 Å². The lowest BCUT2D eigenvalue weighted by molar-refractivity contribution is -0.143. The van der Waals surface area contributed by atoms with Crippen LogP contribution >= 0.6 is 0 Å². The van der Waals surface area contributed by atoms with Crippen molar-refractivity contribution in [3.63, 3.8) is 0 Å². The van der Waals surface area contributed by atoms with Crippen molar-refractivity contribution in [2.24, 2.45) is 11.3 Å². The fourth-order valence-corrected chi connectivity index (χ4v) is 3.34. The highest BCUT2D eigenvalue weighted by atomic mass is 16.7. The zero-order chi connectivity index (χ0) is 18.0. The Hall–Kier alpha value is -1.13. The van der Waals surface area contributed by atoms with Gasteiger partial charge in [0.15, 0.2) is 0 Å². The second kappa shape index (κ2) is 10.7. The molecule has 0 aromatic heterocycles. The number of carbonyl (C=O) groups is 1. The van der Waals surface area contributed by atoms with Crippen molar-refractivity contribution >= 4 is 5.97 Å². The van der Waals surface area contributed by atoms with Crippen LogP contribution < -0.4 is 0 Å². The molecular weight excluding hydrogens is 304 g/mol. The van der Waals surface area contributed by atoms with E-state index >= 15 is 0 Å². The van der Waals surface area contributed by atoms with Gasteiger partial charge in [-0.3, -0.25) is 4.79 Å². The van der Waals surface area contributed by atoms with Crippen LogP contribution in [0.25, 0.3) is 0 Å². The smallest absolute Gasteiger partial charge is 0.305 e. The van der Waals surface area contributed by atoms with Crippen LogP contribution in [0, 0.1) is 11.3 Å². The Kier molecular flexibility index (Phi) is 9.30. The Bertz CT molecular complexity index is 441. The van der Waals surface area contributed by atoms with Gasteiger partial charge in [0.05, 0.1) is 12.7 Å². The molecule has 138 valence electrons. The summed E-state index contributed by atoms with van der Waals surface area (Å²) in [6, 6.07) is 0. The molecule has 0 bridgehead atoms. The highest BCUT2D eigenvalue weighted by Crippen LogP contribution is 2.44. The van der Waals surface area contributed by atoms with Crippen LogP contribution in [0.15, 0.2) is 23.8 Å².